The number of hydrogen-bond donors (Lipinski definition) is 1. The second-order valence-corrected chi connectivity index (χ2v) is 10.6. The third kappa shape index (κ3) is 15.9. The molecule has 0 aliphatic rings. The molecule has 0 aliphatic heterocycles. The van der Waals surface area contributed by atoms with Crippen LogP contribution < -0.4 is 38.6 Å². The van der Waals surface area contributed by atoms with E-state index in [1.165, 1.54) is 83.5 Å². The molecule has 0 fully saturated rings. The molecule has 0 saturated heterocycles. The molecule has 214 valence electrons. The Morgan fingerprint density at radius 1 is 0.868 bits per heavy atom. The van der Waals surface area contributed by atoms with Gasteiger partial charge >= 0.3 is 0 Å². The lowest BCUT2D eigenvalue weighted by Gasteiger charge is -2.10. The van der Waals surface area contributed by atoms with Gasteiger partial charge < -0.3 is 34.0 Å². The summed E-state index contributed by atoms with van der Waals surface area (Å²) in [6, 6.07) is 9.66. The van der Waals surface area contributed by atoms with E-state index >= 15 is 0 Å². The van der Waals surface area contributed by atoms with E-state index in [4.69, 9.17) is 16.3 Å². The molecule has 0 saturated carbocycles. The van der Waals surface area contributed by atoms with E-state index < -0.39 is 0 Å². The van der Waals surface area contributed by atoms with Crippen LogP contribution in [-0.4, -0.2) is 12.5 Å². The minimum absolute atomic E-state index is 0. The highest BCUT2D eigenvalue weighted by molar-refractivity contribution is 6.31. The standard InChI is InChI=1S/C32H49ClN2O2.HI/c1-3-5-6-7-8-9-10-11-12-13-14-15-16-17-23-37-30-21-20-29(31(33)25-30)24-32(36)34-26-28-19-18-22-35(4-2)27-28;/h18-22,25,27H,3-17,23-24,26H2,1-2H3;1H. The van der Waals surface area contributed by atoms with Gasteiger partial charge in [0.05, 0.1) is 13.0 Å². The average molecular weight is 657 g/mol. The molecular weight excluding hydrogens is 607 g/mol. The molecule has 0 radical (unpaired) electrons. The predicted octanol–water partition coefficient (Wildman–Crippen LogP) is 5.37. The molecule has 1 heterocycles. The molecule has 4 nitrogen and oxygen atoms in total. The highest BCUT2D eigenvalue weighted by Gasteiger charge is 2.09. The number of carbonyl (C=O) groups excluding carboxylic acids is 1. The lowest BCUT2D eigenvalue weighted by Crippen LogP contribution is -3.00. The van der Waals surface area contributed by atoms with Crippen molar-refractivity contribution in [3.63, 3.8) is 0 Å². The van der Waals surface area contributed by atoms with Crippen molar-refractivity contribution >= 4 is 17.5 Å². The predicted molar refractivity (Wildman–Crippen MR) is 155 cm³/mol. The second-order valence-electron chi connectivity index (χ2n) is 10.2. The SMILES string of the molecule is CCCCCCCCCCCCCCCCOc1ccc(CC(=O)NCc2ccc[n+](CC)c2)c(Cl)c1.[I-]. The first kappa shape index (κ1) is 34.7. The third-order valence-electron chi connectivity index (χ3n) is 6.92. The molecule has 0 unspecified atom stereocenters. The fraction of sp³-hybridized carbons (Fsp3) is 0.625. The fourth-order valence-electron chi connectivity index (χ4n) is 4.56. The molecule has 6 heteroatoms. The molecule has 0 spiro atoms. The van der Waals surface area contributed by atoms with Crippen molar-refractivity contribution in [2.75, 3.05) is 6.61 Å². The summed E-state index contributed by atoms with van der Waals surface area (Å²) in [5.41, 5.74) is 1.90. The normalized spacial score (nSPS) is 10.7. The van der Waals surface area contributed by atoms with Crippen LogP contribution in [0.25, 0.3) is 0 Å². The van der Waals surface area contributed by atoms with Crippen LogP contribution in [-0.2, 0) is 24.3 Å². The van der Waals surface area contributed by atoms with Crippen LogP contribution in [0, 0.1) is 0 Å². The number of benzene rings is 1. The van der Waals surface area contributed by atoms with Gasteiger partial charge in [0, 0.05) is 23.2 Å². The van der Waals surface area contributed by atoms with Crippen molar-refractivity contribution in [3.05, 3.63) is 58.9 Å². The van der Waals surface area contributed by atoms with Gasteiger partial charge in [-0.15, -0.1) is 0 Å². The van der Waals surface area contributed by atoms with E-state index in [-0.39, 0.29) is 36.3 Å². The van der Waals surface area contributed by atoms with E-state index in [1.807, 2.05) is 36.5 Å². The van der Waals surface area contributed by atoms with Crippen LogP contribution in [0.5, 0.6) is 5.75 Å². The molecule has 38 heavy (non-hydrogen) atoms. The number of nitrogens with one attached hydrogen (secondary N) is 1. The maximum absolute atomic E-state index is 12.4. The molecule has 2 aromatic rings. The minimum atomic E-state index is -0.0371. The Morgan fingerprint density at radius 3 is 2.05 bits per heavy atom. The van der Waals surface area contributed by atoms with Gasteiger partial charge in [0.25, 0.3) is 0 Å². The average Bonchev–Trinajstić information content (AvgIpc) is 2.91. The van der Waals surface area contributed by atoms with E-state index in [2.05, 4.69) is 29.9 Å². The monoisotopic (exact) mass is 656 g/mol. The summed E-state index contributed by atoms with van der Waals surface area (Å²) in [5.74, 6) is 0.738. The summed E-state index contributed by atoms with van der Waals surface area (Å²) in [7, 11) is 0. The van der Waals surface area contributed by atoms with E-state index in [0.717, 1.165) is 29.8 Å². The number of aryl methyl sites for hydroxylation is 1. The highest BCUT2D eigenvalue weighted by atomic mass is 127. The number of ether oxygens (including phenoxy) is 1. The molecular formula is C32H50ClIN2O2. The molecule has 0 bridgehead atoms. The van der Waals surface area contributed by atoms with Gasteiger partial charge in [-0.05, 0) is 37.1 Å². The van der Waals surface area contributed by atoms with Crippen LogP contribution >= 0.6 is 11.6 Å². The third-order valence-corrected chi connectivity index (χ3v) is 7.27. The van der Waals surface area contributed by atoms with Crippen molar-refractivity contribution < 1.29 is 38.1 Å². The fourth-order valence-corrected chi connectivity index (χ4v) is 4.80. The number of carbonyl (C=O) groups is 1. The second kappa shape index (κ2) is 22.5. The molecule has 0 atom stereocenters. The summed E-state index contributed by atoms with van der Waals surface area (Å²) in [6.07, 6.45) is 23.3. The van der Waals surface area contributed by atoms with Crippen LogP contribution in [0.15, 0.2) is 42.7 Å². The maximum atomic E-state index is 12.4. The molecule has 1 aromatic carbocycles. The largest absolute Gasteiger partial charge is 1.00 e. The summed E-state index contributed by atoms with van der Waals surface area (Å²) in [4.78, 5) is 12.4. The van der Waals surface area contributed by atoms with Crippen LogP contribution in [0.3, 0.4) is 0 Å². The summed E-state index contributed by atoms with van der Waals surface area (Å²) in [6.45, 7) is 6.50. The maximum Gasteiger partial charge on any atom is 0.224 e. The Labute approximate surface area is 254 Å². The minimum Gasteiger partial charge on any atom is -1.00 e. The lowest BCUT2D eigenvalue weighted by atomic mass is 10.0. The van der Waals surface area contributed by atoms with Gasteiger partial charge in [0.15, 0.2) is 12.4 Å². The molecule has 1 amide bonds. The van der Waals surface area contributed by atoms with E-state index in [0.29, 0.717) is 18.2 Å². The lowest BCUT2D eigenvalue weighted by molar-refractivity contribution is -0.694. The number of pyridine rings is 1. The Morgan fingerprint density at radius 2 is 1.47 bits per heavy atom. The Kier molecular flexibility index (Phi) is 20.5. The number of amides is 1. The highest BCUT2D eigenvalue weighted by Crippen LogP contribution is 2.23. The van der Waals surface area contributed by atoms with E-state index in [1.54, 1.807) is 0 Å². The summed E-state index contributed by atoms with van der Waals surface area (Å²) in [5, 5.41) is 3.56. The van der Waals surface area contributed by atoms with Gasteiger partial charge in [-0.25, -0.2) is 4.57 Å². The van der Waals surface area contributed by atoms with Crippen molar-refractivity contribution in [1.29, 1.82) is 0 Å². The zero-order valence-electron chi connectivity index (χ0n) is 23.8. The Bertz CT molecular complexity index is 894. The smallest absolute Gasteiger partial charge is 0.224 e. The zero-order valence-corrected chi connectivity index (χ0v) is 26.7. The topological polar surface area (TPSA) is 42.2 Å². The van der Waals surface area contributed by atoms with Crippen molar-refractivity contribution in [2.24, 2.45) is 0 Å². The number of aromatic nitrogens is 1. The number of nitrogens with zero attached hydrogens (tertiary/aromatic N) is 1. The van der Waals surface area contributed by atoms with Gasteiger partial charge in [0.1, 0.15) is 12.3 Å². The van der Waals surface area contributed by atoms with Gasteiger partial charge in [-0.3, -0.25) is 4.79 Å². The van der Waals surface area contributed by atoms with Crippen LogP contribution in [0.2, 0.25) is 5.02 Å². The van der Waals surface area contributed by atoms with Crippen LogP contribution in [0.4, 0.5) is 0 Å². The van der Waals surface area contributed by atoms with Crippen molar-refractivity contribution in [1.82, 2.24) is 5.32 Å². The number of rotatable bonds is 21. The number of hydrogen-bond acceptors (Lipinski definition) is 2. The van der Waals surface area contributed by atoms with Gasteiger partial charge in [-0.1, -0.05) is 108 Å². The van der Waals surface area contributed by atoms with Crippen molar-refractivity contribution in [2.45, 2.75) is 123 Å². The van der Waals surface area contributed by atoms with Gasteiger partial charge in [0.2, 0.25) is 5.91 Å². The van der Waals surface area contributed by atoms with Gasteiger partial charge in [-0.2, -0.15) is 0 Å². The molecule has 1 aromatic heterocycles. The first-order valence-electron chi connectivity index (χ1n) is 14.8. The van der Waals surface area contributed by atoms with E-state index in [9.17, 15) is 4.79 Å². The Hall–Kier alpha value is -1.34. The van der Waals surface area contributed by atoms with Crippen LogP contribution in [0.1, 0.15) is 115 Å². The Balaban J connectivity index is 0.00000722. The zero-order chi connectivity index (χ0) is 26.6. The number of unbranched alkanes of at least 4 members (excludes halogenated alkanes) is 13. The summed E-state index contributed by atoms with van der Waals surface area (Å²) >= 11 is 6.44. The molecule has 0 aliphatic carbocycles. The molecule has 1 N–H and O–H groups in total. The summed E-state index contributed by atoms with van der Waals surface area (Å²) < 4.78 is 7.99. The first-order valence-corrected chi connectivity index (χ1v) is 15.2. The van der Waals surface area contributed by atoms with Crippen molar-refractivity contribution in [3.8, 4) is 5.75 Å². The molecule has 2 rings (SSSR count). The quantitative estimate of drug-likeness (QED) is 0.112. The first-order chi connectivity index (χ1) is 18.1. The number of halogens is 2.